The monoisotopic (exact) mass is 221 g/mol. The van der Waals surface area contributed by atoms with Crippen molar-refractivity contribution in [2.24, 2.45) is 11.0 Å². The van der Waals surface area contributed by atoms with E-state index < -0.39 is 0 Å². The van der Waals surface area contributed by atoms with Crippen molar-refractivity contribution in [1.82, 2.24) is 5.43 Å². The molecular weight excluding hydrogens is 214 g/mol. The molecule has 0 fully saturated rings. The number of nitrogen functional groups attached to an aromatic ring is 1. The average Bonchev–Trinajstić information content (AvgIpc) is 2.72. The van der Waals surface area contributed by atoms with E-state index in [1.807, 2.05) is 5.43 Å². The summed E-state index contributed by atoms with van der Waals surface area (Å²) in [5, 5.41) is 3.26. The smallest absolute Gasteiger partial charge is 0.275 e. The molecule has 0 saturated heterocycles. The van der Waals surface area contributed by atoms with E-state index in [0.29, 0.717) is 4.88 Å². The Morgan fingerprint density at radius 2 is 2.53 bits per heavy atom. The number of amides is 1. The number of nitrogens with two attached hydrogens (primary N) is 1. The first kappa shape index (κ1) is 11.1. The van der Waals surface area contributed by atoms with Crippen LogP contribution in [-0.4, -0.2) is 12.5 Å². The third-order valence-corrected chi connectivity index (χ3v) is 2.38. The average molecular weight is 221 g/mol. The van der Waals surface area contributed by atoms with E-state index in [4.69, 9.17) is 11.4 Å². The Morgan fingerprint density at radius 3 is 3.20 bits per heavy atom. The third kappa shape index (κ3) is 3.32. The van der Waals surface area contributed by atoms with Gasteiger partial charge in [0, 0.05) is 4.91 Å². The lowest BCUT2D eigenvalue weighted by atomic mass is 10.4. The van der Waals surface area contributed by atoms with Crippen LogP contribution in [0.1, 0.15) is 14.5 Å². The highest BCUT2D eigenvalue weighted by Gasteiger charge is 2.05. The van der Waals surface area contributed by atoms with Gasteiger partial charge in [0.05, 0.1) is 16.3 Å². The standard InChI is InChI=1S/C8H7N5OS/c9-12-8(14)7-4-3-6(15-7)2-1-5-11-13-10/h3-4H,5,9H2,(H,12,14). The number of thiophene rings is 1. The van der Waals surface area contributed by atoms with Crippen LogP contribution in [0.4, 0.5) is 0 Å². The summed E-state index contributed by atoms with van der Waals surface area (Å²) in [5.41, 5.74) is 10.0. The lowest BCUT2D eigenvalue weighted by Gasteiger charge is -1.91. The van der Waals surface area contributed by atoms with Gasteiger partial charge in [0.2, 0.25) is 0 Å². The Kier molecular flexibility index (Phi) is 4.19. The molecule has 3 N–H and O–H groups in total. The molecule has 1 rings (SSSR count). The number of nitrogens with zero attached hydrogens (tertiary/aromatic N) is 3. The Balaban J connectivity index is 2.70. The van der Waals surface area contributed by atoms with Crippen molar-refractivity contribution in [1.29, 1.82) is 0 Å². The van der Waals surface area contributed by atoms with Crippen molar-refractivity contribution in [3.05, 3.63) is 32.3 Å². The van der Waals surface area contributed by atoms with Crippen LogP contribution in [0, 0.1) is 11.8 Å². The molecule has 76 valence electrons. The van der Waals surface area contributed by atoms with Crippen molar-refractivity contribution in [3.63, 3.8) is 0 Å². The van der Waals surface area contributed by atoms with Gasteiger partial charge < -0.3 is 0 Å². The number of rotatable bonds is 2. The maximum absolute atomic E-state index is 11.1. The van der Waals surface area contributed by atoms with Crippen molar-refractivity contribution >= 4 is 17.2 Å². The van der Waals surface area contributed by atoms with Gasteiger partial charge in [0.15, 0.2) is 0 Å². The van der Waals surface area contributed by atoms with E-state index in [2.05, 4.69) is 21.9 Å². The minimum absolute atomic E-state index is 0.118. The fourth-order valence-corrected chi connectivity index (χ4v) is 1.58. The molecule has 1 aromatic heterocycles. The summed E-state index contributed by atoms with van der Waals surface area (Å²) in [6, 6.07) is 3.34. The van der Waals surface area contributed by atoms with Crippen LogP contribution in [0.25, 0.3) is 10.4 Å². The number of carbonyl (C=O) groups is 1. The largest absolute Gasteiger partial charge is 0.289 e. The zero-order valence-electron chi connectivity index (χ0n) is 7.60. The second-order valence-electron chi connectivity index (χ2n) is 2.33. The van der Waals surface area contributed by atoms with Crippen LogP contribution in [0.15, 0.2) is 17.2 Å². The van der Waals surface area contributed by atoms with E-state index in [0.717, 1.165) is 4.88 Å². The van der Waals surface area contributed by atoms with Gasteiger partial charge in [-0.25, -0.2) is 5.84 Å². The van der Waals surface area contributed by atoms with Gasteiger partial charge >= 0.3 is 0 Å². The summed E-state index contributed by atoms with van der Waals surface area (Å²) in [7, 11) is 0. The molecule has 0 unspecified atom stereocenters. The lowest BCUT2D eigenvalue weighted by molar-refractivity contribution is 0.0957. The fraction of sp³-hybridized carbons (Fsp3) is 0.125. The van der Waals surface area contributed by atoms with Crippen LogP contribution in [0.5, 0.6) is 0 Å². The van der Waals surface area contributed by atoms with E-state index in [1.165, 1.54) is 11.3 Å². The number of hydrogen-bond donors (Lipinski definition) is 2. The second-order valence-corrected chi connectivity index (χ2v) is 3.41. The summed E-state index contributed by atoms with van der Waals surface area (Å²) in [6.07, 6.45) is 0. The van der Waals surface area contributed by atoms with E-state index in [-0.39, 0.29) is 12.5 Å². The van der Waals surface area contributed by atoms with Crippen LogP contribution < -0.4 is 11.3 Å². The first-order valence-electron chi connectivity index (χ1n) is 3.88. The quantitative estimate of drug-likeness (QED) is 0.148. The van der Waals surface area contributed by atoms with Crippen molar-refractivity contribution < 1.29 is 4.79 Å². The van der Waals surface area contributed by atoms with Crippen molar-refractivity contribution in [3.8, 4) is 11.8 Å². The van der Waals surface area contributed by atoms with Crippen LogP contribution >= 0.6 is 11.3 Å². The molecule has 7 heteroatoms. The number of nitrogens with one attached hydrogen (secondary N) is 1. The fourth-order valence-electron chi connectivity index (χ4n) is 0.792. The number of carbonyl (C=O) groups excluding carboxylic acids is 1. The first-order chi connectivity index (χ1) is 7.27. The molecule has 1 amide bonds. The molecular formula is C8H7N5OS. The van der Waals surface area contributed by atoms with E-state index in [1.54, 1.807) is 12.1 Å². The Morgan fingerprint density at radius 1 is 1.73 bits per heavy atom. The number of azide groups is 1. The molecule has 0 saturated carbocycles. The van der Waals surface area contributed by atoms with Crippen molar-refractivity contribution in [2.75, 3.05) is 6.54 Å². The minimum Gasteiger partial charge on any atom is -0.289 e. The lowest BCUT2D eigenvalue weighted by Crippen LogP contribution is -2.29. The molecule has 1 heterocycles. The predicted molar refractivity (Wildman–Crippen MR) is 56.9 cm³/mol. The zero-order chi connectivity index (χ0) is 11.1. The highest BCUT2D eigenvalue weighted by Crippen LogP contribution is 2.14. The molecule has 0 spiro atoms. The highest BCUT2D eigenvalue weighted by atomic mass is 32.1. The second kappa shape index (κ2) is 5.67. The normalized spacial score (nSPS) is 8.33. The Hall–Kier alpha value is -2.00. The zero-order valence-corrected chi connectivity index (χ0v) is 8.41. The molecule has 6 nitrogen and oxygen atoms in total. The van der Waals surface area contributed by atoms with E-state index in [9.17, 15) is 4.79 Å². The van der Waals surface area contributed by atoms with Gasteiger partial charge in [0.1, 0.15) is 0 Å². The maximum Gasteiger partial charge on any atom is 0.275 e. The van der Waals surface area contributed by atoms with E-state index >= 15 is 0 Å². The SMILES string of the molecule is [N-]=[N+]=NCC#Cc1ccc(C(=O)NN)s1. The van der Waals surface area contributed by atoms with Gasteiger partial charge in [-0.15, -0.1) is 11.3 Å². The summed E-state index contributed by atoms with van der Waals surface area (Å²) >= 11 is 1.22. The Labute approximate surface area is 89.7 Å². The van der Waals surface area contributed by atoms with Gasteiger partial charge in [-0.2, -0.15) is 0 Å². The topological polar surface area (TPSA) is 104 Å². The molecule has 15 heavy (non-hydrogen) atoms. The van der Waals surface area contributed by atoms with Crippen LogP contribution in [0.3, 0.4) is 0 Å². The minimum atomic E-state index is -0.344. The third-order valence-electron chi connectivity index (χ3n) is 1.39. The molecule has 0 atom stereocenters. The number of hydrogen-bond acceptors (Lipinski definition) is 4. The summed E-state index contributed by atoms with van der Waals surface area (Å²) in [5.74, 6) is 10.0. The van der Waals surface area contributed by atoms with Crippen LogP contribution in [-0.2, 0) is 0 Å². The van der Waals surface area contributed by atoms with Gasteiger partial charge in [-0.05, 0) is 17.7 Å². The molecule has 0 radical (unpaired) electrons. The molecule has 0 aliphatic rings. The highest BCUT2D eigenvalue weighted by molar-refractivity contribution is 7.14. The summed E-state index contributed by atoms with van der Waals surface area (Å²) < 4.78 is 0. The maximum atomic E-state index is 11.1. The summed E-state index contributed by atoms with van der Waals surface area (Å²) in [4.78, 5) is 14.8. The molecule has 0 aromatic carbocycles. The van der Waals surface area contributed by atoms with Crippen molar-refractivity contribution in [2.45, 2.75) is 0 Å². The van der Waals surface area contributed by atoms with Crippen LogP contribution in [0.2, 0.25) is 0 Å². The molecule has 0 aliphatic carbocycles. The predicted octanol–water partition coefficient (Wildman–Crippen LogP) is 1.01. The molecule has 0 bridgehead atoms. The van der Waals surface area contributed by atoms with Gasteiger partial charge in [-0.3, -0.25) is 10.2 Å². The van der Waals surface area contributed by atoms with Gasteiger partial charge in [0.25, 0.3) is 5.91 Å². The molecule has 1 aromatic rings. The Bertz CT molecular complexity index is 463. The molecule has 0 aliphatic heterocycles. The summed E-state index contributed by atoms with van der Waals surface area (Å²) in [6.45, 7) is 0.118. The van der Waals surface area contributed by atoms with Gasteiger partial charge in [-0.1, -0.05) is 17.0 Å². The number of hydrazine groups is 1. The first-order valence-corrected chi connectivity index (χ1v) is 4.70.